The molecule has 2 aromatic carbocycles. The van der Waals surface area contributed by atoms with Crippen LogP contribution in [0.5, 0.6) is 5.75 Å². The predicted molar refractivity (Wildman–Crippen MR) is 130 cm³/mol. The second-order valence-corrected chi connectivity index (χ2v) is 9.04. The topological polar surface area (TPSA) is 87.7 Å². The Kier molecular flexibility index (Phi) is 9.75. The van der Waals surface area contributed by atoms with E-state index >= 15 is 0 Å². The predicted octanol–water partition coefficient (Wildman–Crippen LogP) is 2.86. The van der Waals surface area contributed by atoms with Crippen molar-refractivity contribution in [1.82, 2.24) is 15.5 Å². The fraction of sp³-hybridized carbons (Fsp3) is 0.400. The number of hydrogen-bond donors (Lipinski definition) is 2. The standard InChI is InChI=1S/C25H30FN3O4S/c1-34-16-13-22(28-23(30)17-33-19-7-3-2-4-8-19)24(31)27-18-11-14-29(15-12-18)25(32)20-9-5-6-10-21(20)26/h2-10,18,22H,11-17H2,1H3,(H,27,31)(H,28,30)/t22-/m0/s1. The van der Waals surface area contributed by atoms with Gasteiger partial charge in [0.25, 0.3) is 11.8 Å². The second kappa shape index (κ2) is 13.0. The van der Waals surface area contributed by atoms with Crippen molar-refractivity contribution >= 4 is 29.5 Å². The highest BCUT2D eigenvalue weighted by atomic mass is 32.2. The Bertz CT molecular complexity index is 968. The number of likely N-dealkylation sites (tertiary alicyclic amines) is 1. The minimum Gasteiger partial charge on any atom is -0.484 e. The zero-order valence-corrected chi connectivity index (χ0v) is 20.0. The number of piperidine rings is 1. The lowest BCUT2D eigenvalue weighted by Crippen LogP contribution is -2.53. The zero-order valence-electron chi connectivity index (χ0n) is 19.2. The summed E-state index contributed by atoms with van der Waals surface area (Å²) >= 11 is 1.60. The number of carbonyl (C=O) groups excluding carboxylic acids is 3. The molecule has 3 amide bonds. The first-order chi connectivity index (χ1) is 16.5. The first-order valence-corrected chi connectivity index (χ1v) is 12.7. The number of halogens is 1. The molecule has 1 atom stereocenters. The summed E-state index contributed by atoms with van der Waals surface area (Å²) in [5, 5.41) is 5.77. The van der Waals surface area contributed by atoms with Crippen LogP contribution in [0.4, 0.5) is 4.39 Å². The van der Waals surface area contributed by atoms with Gasteiger partial charge in [-0.2, -0.15) is 11.8 Å². The molecule has 1 heterocycles. The SMILES string of the molecule is CSCC[C@H](NC(=O)COc1ccccc1)C(=O)NC1CCN(C(=O)c2ccccc2F)CC1. The van der Waals surface area contributed by atoms with E-state index in [0.29, 0.717) is 43.9 Å². The Balaban J connectivity index is 1.48. The number of nitrogens with one attached hydrogen (secondary N) is 2. The van der Waals surface area contributed by atoms with Gasteiger partial charge in [-0.25, -0.2) is 4.39 Å². The maximum Gasteiger partial charge on any atom is 0.258 e. The van der Waals surface area contributed by atoms with Gasteiger partial charge in [0.1, 0.15) is 17.6 Å². The van der Waals surface area contributed by atoms with Gasteiger partial charge in [-0.3, -0.25) is 14.4 Å². The summed E-state index contributed by atoms with van der Waals surface area (Å²) in [5.74, 6) is -0.193. The van der Waals surface area contributed by atoms with E-state index in [-0.39, 0.29) is 35.9 Å². The third-order valence-corrected chi connectivity index (χ3v) is 6.25. The molecule has 0 aliphatic carbocycles. The number of carbonyl (C=O) groups is 3. The molecule has 9 heteroatoms. The average Bonchev–Trinajstić information content (AvgIpc) is 2.86. The Morgan fingerprint density at radius 1 is 1.09 bits per heavy atom. The average molecular weight is 488 g/mol. The minimum atomic E-state index is -0.669. The Labute approximate surface area is 203 Å². The van der Waals surface area contributed by atoms with Crippen LogP contribution in [0.25, 0.3) is 0 Å². The summed E-state index contributed by atoms with van der Waals surface area (Å²) in [6.07, 6.45) is 3.56. The van der Waals surface area contributed by atoms with Gasteiger partial charge in [-0.15, -0.1) is 0 Å². The number of amides is 3. The monoisotopic (exact) mass is 487 g/mol. The van der Waals surface area contributed by atoms with E-state index in [9.17, 15) is 18.8 Å². The van der Waals surface area contributed by atoms with Gasteiger partial charge in [-0.1, -0.05) is 30.3 Å². The Hall–Kier alpha value is -3.07. The highest BCUT2D eigenvalue weighted by Gasteiger charge is 2.28. The molecule has 0 unspecified atom stereocenters. The molecule has 2 aromatic rings. The van der Waals surface area contributed by atoms with E-state index < -0.39 is 11.9 Å². The van der Waals surface area contributed by atoms with Crippen LogP contribution in [-0.2, 0) is 9.59 Å². The normalized spacial score (nSPS) is 14.8. The number of hydrogen-bond acceptors (Lipinski definition) is 5. The van der Waals surface area contributed by atoms with Gasteiger partial charge in [0, 0.05) is 19.1 Å². The summed E-state index contributed by atoms with van der Waals surface area (Å²) < 4.78 is 19.4. The molecular weight excluding hydrogens is 457 g/mol. The van der Waals surface area contributed by atoms with Crippen LogP contribution in [0, 0.1) is 5.82 Å². The van der Waals surface area contributed by atoms with E-state index in [1.54, 1.807) is 40.9 Å². The fourth-order valence-corrected chi connectivity index (χ4v) is 4.21. The molecule has 0 radical (unpaired) electrons. The smallest absolute Gasteiger partial charge is 0.258 e. The molecule has 2 N–H and O–H groups in total. The number of rotatable bonds is 10. The van der Waals surface area contributed by atoms with Crippen LogP contribution >= 0.6 is 11.8 Å². The van der Waals surface area contributed by atoms with Crippen LogP contribution in [0.1, 0.15) is 29.6 Å². The van der Waals surface area contributed by atoms with Crippen molar-refractivity contribution in [2.45, 2.75) is 31.3 Å². The van der Waals surface area contributed by atoms with Crippen LogP contribution in [-0.4, -0.2) is 66.4 Å². The molecule has 3 rings (SSSR count). The largest absolute Gasteiger partial charge is 0.484 e. The van der Waals surface area contributed by atoms with Crippen molar-refractivity contribution in [3.8, 4) is 5.75 Å². The molecule has 0 spiro atoms. The fourth-order valence-electron chi connectivity index (χ4n) is 3.74. The molecular formula is C25H30FN3O4S. The second-order valence-electron chi connectivity index (χ2n) is 8.06. The minimum absolute atomic E-state index is 0.0579. The van der Waals surface area contributed by atoms with Crippen molar-refractivity contribution in [2.24, 2.45) is 0 Å². The Morgan fingerprint density at radius 2 is 1.76 bits per heavy atom. The molecule has 0 aromatic heterocycles. The number of ether oxygens (including phenoxy) is 1. The summed E-state index contributed by atoms with van der Waals surface area (Å²) in [6.45, 7) is 0.666. The van der Waals surface area contributed by atoms with Gasteiger partial charge < -0.3 is 20.3 Å². The number of thioether (sulfide) groups is 1. The number of nitrogens with zero attached hydrogens (tertiary/aromatic N) is 1. The van der Waals surface area contributed by atoms with E-state index in [2.05, 4.69) is 10.6 Å². The summed E-state index contributed by atoms with van der Waals surface area (Å²) in [4.78, 5) is 39.5. The lowest BCUT2D eigenvalue weighted by Gasteiger charge is -2.33. The number of para-hydroxylation sites is 1. The van der Waals surface area contributed by atoms with E-state index in [0.717, 1.165) is 0 Å². The van der Waals surface area contributed by atoms with Crippen molar-refractivity contribution in [3.05, 3.63) is 66.0 Å². The number of benzene rings is 2. The van der Waals surface area contributed by atoms with Gasteiger partial charge in [0.15, 0.2) is 6.61 Å². The quantitative estimate of drug-likeness (QED) is 0.538. The van der Waals surface area contributed by atoms with Crippen molar-refractivity contribution in [3.63, 3.8) is 0 Å². The van der Waals surface area contributed by atoms with Crippen molar-refractivity contribution in [2.75, 3.05) is 31.7 Å². The maximum absolute atomic E-state index is 13.9. The van der Waals surface area contributed by atoms with Crippen molar-refractivity contribution < 1.29 is 23.5 Å². The van der Waals surface area contributed by atoms with E-state index in [1.807, 2.05) is 24.5 Å². The highest BCUT2D eigenvalue weighted by molar-refractivity contribution is 7.98. The van der Waals surface area contributed by atoms with Gasteiger partial charge in [-0.05, 0) is 55.5 Å². The van der Waals surface area contributed by atoms with Gasteiger partial charge >= 0.3 is 0 Å². The van der Waals surface area contributed by atoms with Gasteiger partial charge in [0.05, 0.1) is 5.56 Å². The molecule has 1 fully saturated rings. The van der Waals surface area contributed by atoms with E-state index in [4.69, 9.17) is 4.74 Å². The third kappa shape index (κ3) is 7.48. The zero-order chi connectivity index (χ0) is 24.3. The lowest BCUT2D eigenvalue weighted by molar-refractivity contribution is -0.130. The Morgan fingerprint density at radius 3 is 2.44 bits per heavy atom. The molecule has 0 saturated carbocycles. The van der Waals surface area contributed by atoms with Crippen molar-refractivity contribution in [1.29, 1.82) is 0 Å². The molecule has 182 valence electrons. The highest BCUT2D eigenvalue weighted by Crippen LogP contribution is 2.16. The first-order valence-electron chi connectivity index (χ1n) is 11.3. The first kappa shape index (κ1) is 25.6. The van der Waals surface area contributed by atoms with Gasteiger partial charge in [0.2, 0.25) is 5.91 Å². The lowest BCUT2D eigenvalue weighted by atomic mass is 10.0. The molecule has 0 bridgehead atoms. The summed E-state index contributed by atoms with van der Waals surface area (Å²) in [5.41, 5.74) is 0.0579. The third-order valence-electron chi connectivity index (χ3n) is 5.61. The van der Waals surface area contributed by atoms with Crippen LogP contribution in [0.2, 0.25) is 0 Å². The van der Waals surface area contributed by atoms with Crippen LogP contribution in [0.3, 0.4) is 0 Å². The molecule has 34 heavy (non-hydrogen) atoms. The van der Waals surface area contributed by atoms with Crippen LogP contribution in [0.15, 0.2) is 54.6 Å². The summed E-state index contributed by atoms with van der Waals surface area (Å²) in [7, 11) is 0. The van der Waals surface area contributed by atoms with E-state index in [1.165, 1.54) is 12.1 Å². The molecule has 1 aliphatic heterocycles. The molecule has 7 nitrogen and oxygen atoms in total. The molecule has 1 saturated heterocycles. The summed E-state index contributed by atoms with van der Waals surface area (Å²) in [6, 6.07) is 14.2. The molecule has 1 aliphatic rings. The maximum atomic E-state index is 13.9. The van der Waals surface area contributed by atoms with Crippen LogP contribution < -0.4 is 15.4 Å².